The topological polar surface area (TPSA) is 34.1 Å². The van der Waals surface area contributed by atoms with E-state index in [4.69, 9.17) is 14.6 Å². The number of hydrazone groups is 1. The molecule has 0 bridgehead atoms. The molecular formula is C26H26N2O2. The largest absolute Gasteiger partial charge is 0.493 e. The molecule has 0 unspecified atom stereocenters. The maximum atomic E-state index is 6.53. The third kappa shape index (κ3) is 3.13. The molecule has 3 aromatic carbocycles. The summed E-state index contributed by atoms with van der Waals surface area (Å²) in [5, 5.41) is 7.15. The lowest BCUT2D eigenvalue weighted by atomic mass is 9.95. The lowest BCUT2D eigenvalue weighted by Gasteiger charge is -2.38. The Kier molecular flexibility index (Phi) is 4.70. The molecule has 2 aliphatic rings. The van der Waals surface area contributed by atoms with Gasteiger partial charge in [0.1, 0.15) is 0 Å². The molecule has 0 radical (unpaired) electrons. The number of hydrogen-bond donors (Lipinski definition) is 0. The van der Waals surface area contributed by atoms with Crippen LogP contribution in [0.2, 0.25) is 0 Å². The Labute approximate surface area is 177 Å². The maximum absolute atomic E-state index is 6.53. The van der Waals surface area contributed by atoms with Crippen LogP contribution in [-0.2, 0) is 0 Å². The molecule has 0 fully saturated rings. The van der Waals surface area contributed by atoms with Crippen LogP contribution in [0.15, 0.2) is 77.9 Å². The molecule has 152 valence electrons. The van der Waals surface area contributed by atoms with Crippen LogP contribution >= 0.6 is 0 Å². The zero-order valence-corrected chi connectivity index (χ0v) is 17.6. The van der Waals surface area contributed by atoms with Crippen LogP contribution in [0.5, 0.6) is 11.5 Å². The number of rotatable bonds is 4. The van der Waals surface area contributed by atoms with Gasteiger partial charge in [0.15, 0.2) is 11.5 Å². The van der Waals surface area contributed by atoms with E-state index in [0.717, 1.165) is 40.3 Å². The first-order valence-corrected chi connectivity index (χ1v) is 10.5. The molecule has 2 aliphatic heterocycles. The quantitative estimate of drug-likeness (QED) is 0.536. The van der Waals surface area contributed by atoms with Gasteiger partial charge in [0.2, 0.25) is 6.23 Å². The van der Waals surface area contributed by atoms with Crippen LogP contribution in [-0.4, -0.2) is 17.8 Å². The summed E-state index contributed by atoms with van der Waals surface area (Å²) in [6.07, 6.45) is 0.551. The van der Waals surface area contributed by atoms with E-state index in [1.807, 2.05) is 18.2 Å². The first-order chi connectivity index (χ1) is 14.7. The van der Waals surface area contributed by atoms with E-state index in [1.165, 1.54) is 5.56 Å². The summed E-state index contributed by atoms with van der Waals surface area (Å²) in [6, 6.07) is 25.3. The van der Waals surface area contributed by atoms with E-state index >= 15 is 0 Å². The summed E-state index contributed by atoms with van der Waals surface area (Å²) in [7, 11) is 1.69. The van der Waals surface area contributed by atoms with Gasteiger partial charge in [-0.05, 0) is 23.1 Å². The third-order valence-electron chi connectivity index (χ3n) is 6.00. The zero-order chi connectivity index (χ0) is 20.7. The van der Waals surface area contributed by atoms with Gasteiger partial charge in [-0.15, -0.1) is 0 Å². The summed E-state index contributed by atoms with van der Waals surface area (Å²) in [6.45, 7) is 4.42. The SMILES string of the molecule is COc1cccc2c1O[C@H](c1ccc(C(C)C)cc1)N1N=C(c3ccccc3)C[C@@H]21. The van der Waals surface area contributed by atoms with Crippen molar-refractivity contribution in [2.24, 2.45) is 5.10 Å². The molecule has 0 spiro atoms. The first kappa shape index (κ1) is 18.7. The number of hydrogen-bond acceptors (Lipinski definition) is 4. The molecule has 30 heavy (non-hydrogen) atoms. The molecule has 0 amide bonds. The number of nitrogens with zero attached hydrogens (tertiary/aromatic N) is 2. The van der Waals surface area contributed by atoms with Gasteiger partial charge in [-0.25, -0.2) is 5.01 Å². The van der Waals surface area contributed by atoms with Gasteiger partial charge in [-0.2, -0.15) is 5.10 Å². The average Bonchev–Trinajstić information content (AvgIpc) is 3.24. The minimum absolute atomic E-state index is 0.119. The van der Waals surface area contributed by atoms with Gasteiger partial charge in [0.25, 0.3) is 0 Å². The maximum Gasteiger partial charge on any atom is 0.214 e. The van der Waals surface area contributed by atoms with Gasteiger partial charge in [-0.1, -0.05) is 80.6 Å². The van der Waals surface area contributed by atoms with Crippen molar-refractivity contribution in [3.05, 3.63) is 95.1 Å². The van der Waals surface area contributed by atoms with E-state index in [9.17, 15) is 0 Å². The van der Waals surface area contributed by atoms with Crippen LogP contribution in [0, 0.1) is 0 Å². The number of fused-ring (bicyclic) bond motifs is 3. The van der Waals surface area contributed by atoms with E-state index in [1.54, 1.807) is 7.11 Å². The van der Waals surface area contributed by atoms with Gasteiger partial charge in [-0.3, -0.25) is 0 Å². The Morgan fingerprint density at radius 3 is 2.43 bits per heavy atom. The second-order valence-electron chi connectivity index (χ2n) is 8.18. The molecule has 3 aromatic rings. The highest BCUT2D eigenvalue weighted by Crippen LogP contribution is 2.50. The molecule has 2 heterocycles. The second kappa shape index (κ2) is 7.52. The predicted molar refractivity (Wildman–Crippen MR) is 119 cm³/mol. The van der Waals surface area contributed by atoms with Crippen LogP contribution in [0.4, 0.5) is 0 Å². The Morgan fingerprint density at radius 2 is 1.73 bits per heavy atom. The van der Waals surface area contributed by atoms with Crippen molar-refractivity contribution < 1.29 is 9.47 Å². The lowest BCUT2D eigenvalue weighted by molar-refractivity contribution is -0.0209. The highest BCUT2D eigenvalue weighted by molar-refractivity contribution is 6.01. The monoisotopic (exact) mass is 398 g/mol. The zero-order valence-electron chi connectivity index (χ0n) is 17.6. The highest BCUT2D eigenvalue weighted by Gasteiger charge is 2.42. The fourth-order valence-corrected chi connectivity index (χ4v) is 4.32. The number of benzene rings is 3. The Balaban J connectivity index is 1.59. The van der Waals surface area contributed by atoms with Crippen LogP contribution in [0.3, 0.4) is 0 Å². The van der Waals surface area contributed by atoms with Gasteiger partial charge < -0.3 is 9.47 Å². The molecule has 0 saturated heterocycles. The van der Waals surface area contributed by atoms with Crippen molar-refractivity contribution in [2.75, 3.05) is 7.11 Å². The van der Waals surface area contributed by atoms with Crippen molar-refractivity contribution in [3.8, 4) is 11.5 Å². The Morgan fingerprint density at radius 1 is 0.967 bits per heavy atom. The normalized spacial score (nSPS) is 19.7. The molecule has 0 aliphatic carbocycles. The third-order valence-corrected chi connectivity index (χ3v) is 6.00. The molecule has 2 atom stereocenters. The molecule has 0 N–H and O–H groups in total. The summed E-state index contributed by atoms with van der Waals surface area (Å²) in [5.74, 6) is 2.09. The highest BCUT2D eigenvalue weighted by atomic mass is 16.5. The first-order valence-electron chi connectivity index (χ1n) is 10.5. The molecular weight excluding hydrogens is 372 g/mol. The minimum Gasteiger partial charge on any atom is -0.493 e. The summed E-state index contributed by atoms with van der Waals surface area (Å²) >= 11 is 0. The minimum atomic E-state index is -0.291. The van der Waals surface area contributed by atoms with Crippen LogP contribution < -0.4 is 9.47 Å². The smallest absolute Gasteiger partial charge is 0.214 e. The van der Waals surface area contributed by atoms with Crippen LogP contribution in [0.1, 0.15) is 60.7 Å². The van der Waals surface area contributed by atoms with Crippen LogP contribution in [0.25, 0.3) is 0 Å². The van der Waals surface area contributed by atoms with Crippen molar-refractivity contribution >= 4 is 5.71 Å². The number of methoxy groups -OCH3 is 1. The fraction of sp³-hybridized carbons (Fsp3) is 0.269. The standard InChI is InChI=1S/C26H26N2O2/c1-17(2)18-12-14-20(15-13-18)26-28-23(16-22(27-28)19-8-5-4-6-9-19)21-10-7-11-24(29-3)25(21)30-26/h4-15,17,23,26H,16H2,1-3H3/t23-,26+/m0/s1. The summed E-state index contributed by atoms with van der Waals surface area (Å²) < 4.78 is 12.2. The van der Waals surface area contributed by atoms with Crippen molar-refractivity contribution in [1.29, 1.82) is 0 Å². The average molecular weight is 399 g/mol. The van der Waals surface area contributed by atoms with E-state index in [0.29, 0.717) is 5.92 Å². The Bertz CT molecular complexity index is 1070. The predicted octanol–water partition coefficient (Wildman–Crippen LogP) is 6.06. The lowest BCUT2D eigenvalue weighted by Crippen LogP contribution is -2.33. The molecule has 5 rings (SSSR count). The van der Waals surface area contributed by atoms with Gasteiger partial charge in [0.05, 0.1) is 18.9 Å². The summed E-state index contributed by atoms with van der Waals surface area (Å²) in [4.78, 5) is 0. The summed E-state index contributed by atoms with van der Waals surface area (Å²) in [5.41, 5.74) is 5.78. The van der Waals surface area contributed by atoms with Gasteiger partial charge in [0, 0.05) is 17.5 Å². The van der Waals surface area contributed by atoms with Crippen molar-refractivity contribution in [1.82, 2.24) is 5.01 Å². The number of ether oxygens (including phenoxy) is 2. The number of para-hydroxylation sites is 1. The van der Waals surface area contributed by atoms with E-state index in [2.05, 4.69) is 73.5 Å². The molecule has 0 saturated carbocycles. The van der Waals surface area contributed by atoms with Gasteiger partial charge >= 0.3 is 0 Å². The van der Waals surface area contributed by atoms with E-state index < -0.39 is 0 Å². The molecule has 0 aromatic heterocycles. The Hall–Kier alpha value is -3.27. The van der Waals surface area contributed by atoms with E-state index in [-0.39, 0.29) is 12.3 Å². The second-order valence-corrected chi connectivity index (χ2v) is 8.18. The molecule has 4 nitrogen and oxygen atoms in total. The van der Waals surface area contributed by atoms with Crippen molar-refractivity contribution in [2.45, 2.75) is 38.5 Å². The fourth-order valence-electron chi connectivity index (χ4n) is 4.32. The van der Waals surface area contributed by atoms with Crippen molar-refractivity contribution in [3.63, 3.8) is 0 Å². The molecule has 4 heteroatoms.